The Balaban J connectivity index is 1.86. The fraction of sp³-hybridized carbons (Fsp3) is 0.481. The van der Waals surface area contributed by atoms with E-state index in [0.717, 1.165) is 38.6 Å². The van der Waals surface area contributed by atoms with Gasteiger partial charge in [-0.3, -0.25) is 4.79 Å². The van der Waals surface area contributed by atoms with Crippen LogP contribution in [-0.2, 0) is 15.6 Å². The first-order chi connectivity index (χ1) is 14.9. The number of hydrogen-bond acceptors (Lipinski definition) is 4. The quantitative estimate of drug-likeness (QED) is 0.407. The van der Waals surface area contributed by atoms with Gasteiger partial charge in [0.1, 0.15) is 5.75 Å². The summed E-state index contributed by atoms with van der Waals surface area (Å²) < 4.78 is 7.42. The van der Waals surface area contributed by atoms with Gasteiger partial charge in [0, 0.05) is 11.3 Å². The zero-order chi connectivity index (χ0) is 23.7. The Morgan fingerprint density at radius 2 is 1.81 bits per heavy atom. The van der Waals surface area contributed by atoms with E-state index in [1.165, 1.54) is 5.56 Å². The molecule has 4 nitrogen and oxygen atoms in total. The van der Waals surface area contributed by atoms with Crippen molar-refractivity contribution in [3.8, 4) is 5.75 Å². The summed E-state index contributed by atoms with van der Waals surface area (Å²) in [6, 6.07) is 12.2. The lowest BCUT2D eigenvalue weighted by molar-refractivity contribution is -0.122. The first-order valence-corrected chi connectivity index (χ1v) is 12.3. The average Bonchev–Trinajstić information content (AvgIpc) is 3.10. The van der Waals surface area contributed by atoms with Gasteiger partial charge in [0.05, 0.1) is 15.2 Å². The van der Waals surface area contributed by atoms with Gasteiger partial charge in [0.2, 0.25) is 0 Å². The number of amides is 1. The minimum absolute atomic E-state index is 0.0479. The lowest BCUT2D eigenvalue weighted by Crippen LogP contribution is -2.33. The molecule has 0 saturated heterocycles. The van der Waals surface area contributed by atoms with Crippen molar-refractivity contribution in [2.24, 2.45) is 0 Å². The molecule has 1 atom stereocenters. The summed E-state index contributed by atoms with van der Waals surface area (Å²) in [5.74, 6) is 0.661. The smallest absolute Gasteiger partial charge is 0.265 e. The van der Waals surface area contributed by atoms with Crippen molar-refractivity contribution in [1.29, 1.82) is 0 Å². The van der Waals surface area contributed by atoms with E-state index < -0.39 is 6.10 Å². The van der Waals surface area contributed by atoms with Gasteiger partial charge in [0.15, 0.2) is 6.10 Å². The summed E-state index contributed by atoms with van der Waals surface area (Å²) in [6.07, 6.45) is 0.996. The van der Waals surface area contributed by atoms with E-state index >= 15 is 0 Å². The van der Waals surface area contributed by atoms with E-state index in [0.29, 0.717) is 6.42 Å². The van der Waals surface area contributed by atoms with Crippen molar-refractivity contribution in [3.05, 3.63) is 52.5 Å². The number of aromatic nitrogens is 1. The van der Waals surface area contributed by atoms with Crippen molar-refractivity contribution in [2.75, 3.05) is 5.32 Å². The number of benzene rings is 2. The molecular formula is C27H36N2O2S. The molecule has 0 saturated carbocycles. The average molecular weight is 453 g/mol. The Kier molecular flexibility index (Phi) is 6.99. The summed E-state index contributed by atoms with van der Waals surface area (Å²) in [5.41, 5.74) is 4.14. The second kappa shape index (κ2) is 9.22. The van der Waals surface area contributed by atoms with Gasteiger partial charge in [-0.05, 0) is 60.4 Å². The van der Waals surface area contributed by atoms with E-state index in [-0.39, 0.29) is 16.7 Å². The molecule has 1 heterocycles. The molecule has 1 unspecified atom stereocenters. The Labute approximate surface area is 196 Å². The van der Waals surface area contributed by atoms with E-state index in [4.69, 9.17) is 4.74 Å². The van der Waals surface area contributed by atoms with Crippen LogP contribution in [0.5, 0.6) is 5.75 Å². The highest BCUT2D eigenvalue weighted by Gasteiger charge is 2.28. The predicted octanol–water partition coefficient (Wildman–Crippen LogP) is 7.39. The molecular weight excluding hydrogens is 416 g/mol. The maximum Gasteiger partial charge on any atom is 0.265 e. The van der Waals surface area contributed by atoms with Crippen LogP contribution in [0.2, 0.25) is 0 Å². The Morgan fingerprint density at radius 1 is 1.09 bits per heavy atom. The highest BCUT2D eigenvalue weighted by atomic mass is 32.1. The Morgan fingerprint density at radius 3 is 2.44 bits per heavy atom. The molecule has 0 fully saturated rings. The second-order valence-corrected chi connectivity index (χ2v) is 11.4. The molecule has 172 valence electrons. The lowest BCUT2D eigenvalue weighted by Gasteiger charge is -2.30. The Hall–Kier alpha value is -2.40. The number of carbonyl (C=O) groups is 1. The third-order valence-electron chi connectivity index (χ3n) is 6.15. The third kappa shape index (κ3) is 5.32. The number of rotatable bonds is 7. The van der Waals surface area contributed by atoms with Crippen molar-refractivity contribution in [3.63, 3.8) is 0 Å². The predicted molar refractivity (Wildman–Crippen MR) is 136 cm³/mol. The molecule has 1 N–H and O–H groups in total. The molecule has 0 aliphatic carbocycles. The van der Waals surface area contributed by atoms with E-state index in [1.807, 2.05) is 38.1 Å². The minimum atomic E-state index is -0.569. The number of aryl methyl sites for hydroxylation is 1. The van der Waals surface area contributed by atoms with Gasteiger partial charge in [-0.15, -0.1) is 11.3 Å². The second-order valence-electron chi connectivity index (χ2n) is 10.1. The van der Waals surface area contributed by atoms with Gasteiger partial charge < -0.3 is 10.1 Å². The molecule has 0 aliphatic rings. The minimum Gasteiger partial charge on any atom is -0.480 e. The first kappa shape index (κ1) is 24.2. The normalized spacial score (nSPS) is 13.2. The highest BCUT2D eigenvalue weighted by molar-refractivity contribution is 7.18. The topological polar surface area (TPSA) is 51.2 Å². The standard InChI is InChI=1S/C27H36N2O2S/c1-9-22(25(30)29-19-12-13-21-24(16-19)32-17(3)28-21)31-23-14-11-18(26(4,5)6)15-20(23)27(7,8)10-2/h11-16,22H,9-10H2,1-8H3,(H,29,30). The summed E-state index contributed by atoms with van der Waals surface area (Å²) in [7, 11) is 0. The van der Waals surface area contributed by atoms with E-state index in [9.17, 15) is 4.79 Å². The van der Waals surface area contributed by atoms with Crippen LogP contribution in [0, 0.1) is 6.92 Å². The summed E-state index contributed by atoms with van der Waals surface area (Å²) in [4.78, 5) is 17.6. The van der Waals surface area contributed by atoms with E-state index in [2.05, 4.69) is 64.0 Å². The van der Waals surface area contributed by atoms with Crippen molar-refractivity contribution < 1.29 is 9.53 Å². The van der Waals surface area contributed by atoms with Gasteiger partial charge in [-0.2, -0.15) is 0 Å². The van der Waals surface area contributed by atoms with Crippen LogP contribution in [0.1, 0.15) is 77.4 Å². The first-order valence-electron chi connectivity index (χ1n) is 11.4. The molecule has 0 radical (unpaired) electrons. The fourth-order valence-corrected chi connectivity index (χ4v) is 4.50. The molecule has 1 aromatic heterocycles. The third-order valence-corrected chi connectivity index (χ3v) is 7.09. The van der Waals surface area contributed by atoms with Crippen molar-refractivity contribution in [1.82, 2.24) is 4.98 Å². The fourth-order valence-electron chi connectivity index (χ4n) is 3.63. The largest absolute Gasteiger partial charge is 0.480 e. The summed E-state index contributed by atoms with van der Waals surface area (Å²) in [6.45, 7) is 17.3. The number of hydrogen-bond donors (Lipinski definition) is 1. The summed E-state index contributed by atoms with van der Waals surface area (Å²) >= 11 is 1.63. The van der Waals surface area contributed by atoms with Crippen LogP contribution in [0.4, 0.5) is 5.69 Å². The van der Waals surface area contributed by atoms with E-state index in [1.54, 1.807) is 11.3 Å². The van der Waals surface area contributed by atoms with Crippen molar-refractivity contribution in [2.45, 2.75) is 85.2 Å². The number of nitrogens with zero attached hydrogens (tertiary/aromatic N) is 1. The number of fused-ring (bicyclic) bond motifs is 1. The molecule has 0 bridgehead atoms. The van der Waals surface area contributed by atoms with Gasteiger partial charge in [-0.25, -0.2) is 4.98 Å². The number of nitrogens with one attached hydrogen (secondary N) is 1. The van der Waals surface area contributed by atoms with Crippen LogP contribution in [0.3, 0.4) is 0 Å². The van der Waals surface area contributed by atoms with Crippen LogP contribution < -0.4 is 10.1 Å². The van der Waals surface area contributed by atoms with Crippen LogP contribution >= 0.6 is 11.3 Å². The lowest BCUT2D eigenvalue weighted by atomic mass is 9.78. The molecule has 1 amide bonds. The maximum atomic E-state index is 13.1. The van der Waals surface area contributed by atoms with Crippen molar-refractivity contribution >= 4 is 33.1 Å². The molecule has 0 spiro atoms. The van der Waals surface area contributed by atoms with Crippen LogP contribution in [0.25, 0.3) is 10.2 Å². The number of carbonyl (C=O) groups excluding carboxylic acids is 1. The monoisotopic (exact) mass is 452 g/mol. The summed E-state index contributed by atoms with van der Waals surface area (Å²) in [5, 5.41) is 4.05. The van der Waals surface area contributed by atoms with Gasteiger partial charge in [-0.1, -0.05) is 60.6 Å². The van der Waals surface area contributed by atoms with Crippen LogP contribution in [-0.4, -0.2) is 17.0 Å². The zero-order valence-corrected chi connectivity index (χ0v) is 21.4. The van der Waals surface area contributed by atoms with Crippen LogP contribution in [0.15, 0.2) is 36.4 Å². The molecule has 3 aromatic rings. The molecule has 32 heavy (non-hydrogen) atoms. The maximum absolute atomic E-state index is 13.1. The van der Waals surface area contributed by atoms with Gasteiger partial charge >= 0.3 is 0 Å². The number of ether oxygens (including phenoxy) is 1. The Bertz CT molecular complexity index is 1110. The number of thiazole rings is 1. The number of anilines is 1. The molecule has 3 rings (SSSR count). The molecule has 5 heteroatoms. The molecule has 2 aromatic carbocycles. The SMILES string of the molecule is CCC(Oc1ccc(C(C)(C)C)cc1C(C)(C)CC)C(=O)Nc1ccc2nc(C)sc2c1. The molecule has 0 aliphatic heterocycles. The highest BCUT2D eigenvalue weighted by Crippen LogP contribution is 2.38. The zero-order valence-electron chi connectivity index (χ0n) is 20.6. The van der Waals surface area contributed by atoms with Gasteiger partial charge in [0.25, 0.3) is 5.91 Å².